The predicted molar refractivity (Wildman–Crippen MR) is 121 cm³/mol. The maximum absolute atomic E-state index is 12.3. The second-order valence-electron chi connectivity index (χ2n) is 7.39. The van der Waals surface area contributed by atoms with Crippen molar-refractivity contribution in [2.24, 2.45) is 5.92 Å². The quantitative estimate of drug-likeness (QED) is 0.466. The summed E-state index contributed by atoms with van der Waals surface area (Å²) in [5.41, 5.74) is 3.21. The Hall–Kier alpha value is -2.02. The molecule has 0 radical (unpaired) electrons. The number of carbonyl (C=O) groups excluding carboxylic acids is 1. The highest BCUT2D eigenvalue weighted by atomic mass is 35.5. The van der Waals surface area contributed by atoms with Gasteiger partial charge in [0.15, 0.2) is 11.0 Å². The smallest absolute Gasteiger partial charge is 0.223 e. The number of thioether (sulfide) groups is 1. The van der Waals surface area contributed by atoms with Crippen molar-refractivity contribution < 1.29 is 4.79 Å². The van der Waals surface area contributed by atoms with Gasteiger partial charge in [-0.15, -0.1) is 10.2 Å². The van der Waals surface area contributed by atoms with Crippen LogP contribution in [0.25, 0.3) is 5.69 Å². The van der Waals surface area contributed by atoms with Crippen LogP contribution in [-0.4, -0.2) is 20.7 Å². The fourth-order valence-electron chi connectivity index (χ4n) is 3.31. The third-order valence-electron chi connectivity index (χ3n) is 5.37. The second-order valence-corrected chi connectivity index (χ2v) is 9.18. The molecule has 30 heavy (non-hydrogen) atoms. The SMILES string of the molecule is Cc1ccccc1CSc1nnc(CNC(=O)C2CCC2)n1-c1ccc(Cl)cc1Cl. The highest BCUT2D eigenvalue weighted by molar-refractivity contribution is 7.98. The molecule has 1 aliphatic rings. The molecule has 0 saturated heterocycles. The highest BCUT2D eigenvalue weighted by Crippen LogP contribution is 2.31. The first kappa shape index (κ1) is 21.2. The minimum atomic E-state index is 0.0760. The van der Waals surface area contributed by atoms with E-state index in [-0.39, 0.29) is 11.8 Å². The van der Waals surface area contributed by atoms with Crippen molar-refractivity contribution in [2.75, 3.05) is 0 Å². The number of nitrogens with one attached hydrogen (secondary N) is 1. The standard InChI is InChI=1S/C22H22Cl2N4OS/c1-14-5-2-3-6-16(14)13-30-22-27-26-20(12-25-21(29)15-7-4-8-15)28(22)19-10-9-17(23)11-18(19)24/h2-3,5-6,9-11,15H,4,7-8,12-13H2,1H3,(H,25,29). The van der Waals surface area contributed by atoms with Gasteiger partial charge >= 0.3 is 0 Å². The van der Waals surface area contributed by atoms with Crippen LogP contribution in [0.15, 0.2) is 47.6 Å². The Morgan fingerprint density at radius 1 is 1.20 bits per heavy atom. The maximum Gasteiger partial charge on any atom is 0.223 e. The van der Waals surface area contributed by atoms with E-state index in [4.69, 9.17) is 23.2 Å². The topological polar surface area (TPSA) is 59.8 Å². The molecule has 1 N–H and O–H groups in total. The molecule has 4 rings (SSSR count). The molecule has 3 aromatic rings. The number of benzene rings is 2. The number of halogens is 2. The summed E-state index contributed by atoms with van der Waals surface area (Å²) in [6, 6.07) is 13.6. The van der Waals surface area contributed by atoms with E-state index >= 15 is 0 Å². The van der Waals surface area contributed by atoms with Gasteiger partial charge in [0, 0.05) is 16.7 Å². The van der Waals surface area contributed by atoms with Gasteiger partial charge in [-0.2, -0.15) is 0 Å². The van der Waals surface area contributed by atoms with Crippen molar-refractivity contribution in [2.45, 2.75) is 43.6 Å². The van der Waals surface area contributed by atoms with Crippen LogP contribution in [0.4, 0.5) is 0 Å². The van der Waals surface area contributed by atoms with E-state index in [1.54, 1.807) is 23.9 Å². The van der Waals surface area contributed by atoms with E-state index in [0.29, 0.717) is 22.4 Å². The molecule has 0 bridgehead atoms. The second kappa shape index (κ2) is 9.41. The van der Waals surface area contributed by atoms with Crippen molar-refractivity contribution in [1.82, 2.24) is 20.1 Å². The Balaban J connectivity index is 1.61. The summed E-state index contributed by atoms with van der Waals surface area (Å²) in [4.78, 5) is 12.3. The Labute approximate surface area is 190 Å². The van der Waals surface area contributed by atoms with Crippen molar-refractivity contribution in [3.63, 3.8) is 0 Å². The summed E-state index contributed by atoms with van der Waals surface area (Å²) in [6.45, 7) is 2.39. The van der Waals surface area contributed by atoms with Crippen LogP contribution in [-0.2, 0) is 17.1 Å². The third kappa shape index (κ3) is 4.66. The van der Waals surface area contributed by atoms with Crippen LogP contribution >= 0.6 is 35.0 Å². The van der Waals surface area contributed by atoms with E-state index in [9.17, 15) is 4.79 Å². The molecule has 0 unspecified atom stereocenters. The van der Waals surface area contributed by atoms with E-state index in [0.717, 1.165) is 35.9 Å². The molecule has 1 fully saturated rings. The minimum Gasteiger partial charge on any atom is -0.349 e. The molecule has 1 heterocycles. The van der Waals surface area contributed by atoms with E-state index in [2.05, 4.69) is 34.6 Å². The van der Waals surface area contributed by atoms with Crippen molar-refractivity contribution in [3.05, 3.63) is 69.5 Å². The zero-order valence-corrected chi connectivity index (χ0v) is 18.9. The van der Waals surface area contributed by atoms with Crippen LogP contribution in [0.1, 0.15) is 36.2 Å². The van der Waals surface area contributed by atoms with Crippen molar-refractivity contribution in [1.29, 1.82) is 0 Å². The lowest BCUT2D eigenvalue weighted by atomic mass is 9.85. The Morgan fingerprint density at radius 2 is 2.00 bits per heavy atom. The van der Waals surface area contributed by atoms with Crippen LogP contribution in [0.2, 0.25) is 10.0 Å². The third-order valence-corrected chi connectivity index (χ3v) is 6.88. The van der Waals surface area contributed by atoms with Crippen molar-refractivity contribution in [3.8, 4) is 5.69 Å². The molecule has 5 nitrogen and oxygen atoms in total. The number of amides is 1. The van der Waals surface area contributed by atoms with Gasteiger partial charge in [0.05, 0.1) is 17.3 Å². The van der Waals surface area contributed by atoms with E-state index in [1.165, 1.54) is 11.1 Å². The fourth-order valence-corrected chi connectivity index (χ4v) is 4.84. The Kier molecular flexibility index (Phi) is 6.66. The minimum absolute atomic E-state index is 0.0760. The number of nitrogens with zero attached hydrogens (tertiary/aromatic N) is 3. The molecule has 0 atom stereocenters. The normalized spacial score (nSPS) is 13.8. The number of rotatable bonds is 7. The van der Waals surface area contributed by atoms with Gasteiger partial charge in [0.2, 0.25) is 5.91 Å². The Bertz CT molecular complexity index is 1070. The summed E-state index contributed by atoms with van der Waals surface area (Å²) >= 11 is 14.2. The molecule has 1 aliphatic carbocycles. The van der Waals surface area contributed by atoms with Gasteiger partial charge < -0.3 is 5.32 Å². The van der Waals surface area contributed by atoms with Gasteiger partial charge in [-0.25, -0.2) is 0 Å². The van der Waals surface area contributed by atoms with E-state index < -0.39 is 0 Å². The summed E-state index contributed by atoms with van der Waals surface area (Å²) in [7, 11) is 0. The molecular formula is C22H22Cl2N4OS. The molecule has 156 valence electrons. The van der Waals surface area contributed by atoms with Gasteiger partial charge in [-0.05, 0) is 49.1 Å². The summed E-state index contributed by atoms with van der Waals surface area (Å²) in [6.07, 6.45) is 3.03. The molecule has 8 heteroatoms. The summed E-state index contributed by atoms with van der Waals surface area (Å²) in [5.74, 6) is 1.59. The molecule has 1 amide bonds. The van der Waals surface area contributed by atoms with Crippen LogP contribution < -0.4 is 5.32 Å². The zero-order chi connectivity index (χ0) is 21.1. The maximum atomic E-state index is 12.3. The van der Waals surface area contributed by atoms with Gasteiger partial charge in [0.1, 0.15) is 0 Å². The number of hydrogen-bond donors (Lipinski definition) is 1. The van der Waals surface area contributed by atoms with E-state index in [1.807, 2.05) is 22.8 Å². The average molecular weight is 461 g/mol. The molecular weight excluding hydrogens is 439 g/mol. The lowest BCUT2D eigenvalue weighted by Gasteiger charge is -2.24. The summed E-state index contributed by atoms with van der Waals surface area (Å²) < 4.78 is 1.91. The first-order valence-electron chi connectivity index (χ1n) is 9.87. The highest BCUT2D eigenvalue weighted by Gasteiger charge is 2.26. The molecule has 1 saturated carbocycles. The first-order chi connectivity index (χ1) is 14.5. The monoisotopic (exact) mass is 460 g/mol. The molecule has 1 aromatic heterocycles. The predicted octanol–water partition coefficient (Wildman–Crippen LogP) is 5.59. The fraction of sp³-hybridized carbons (Fsp3) is 0.318. The zero-order valence-electron chi connectivity index (χ0n) is 16.6. The lowest BCUT2D eigenvalue weighted by Crippen LogP contribution is -2.34. The Morgan fingerprint density at radius 3 is 2.70 bits per heavy atom. The first-order valence-corrected chi connectivity index (χ1v) is 11.6. The van der Waals surface area contributed by atoms with Crippen LogP contribution in [0.3, 0.4) is 0 Å². The number of aryl methyl sites for hydroxylation is 1. The van der Waals surface area contributed by atoms with Crippen LogP contribution in [0.5, 0.6) is 0 Å². The number of carbonyl (C=O) groups is 1. The molecule has 0 spiro atoms. The van der Waals surface area contributed by atoms with Gasteiger partial charge in [-0.3, -0.25) is 9.36 Å². The van der Waals surface area contributed by atoms with Crippen LogP contribution in [0, 0.1) is 12.8 Å². The molecule has 0 aliphatic heterocycles. The number of aromatic nitrogens is 3. The molecule has 2 aromatic carbocycles. The average Bonchev–Trinajstić information content (AvgIpc) is 3.07. The number of hydrogen-bond acceptors (Lipinski definition) is 4. The van der Waals surface area contributed by atoms with Crippen molar-refractivity contribution >= 4 is 40.9 Å². The largest absolute Gasteiger partial charge is 0.349 e. The van der Waals surface area contributed by atoms with Gasteiger partial charge in [0.25, 0.3) is 0 Å². The van der Waals surface area contributed by atoms with Gasteiger partial charge in [-0.1, -0.05) is 65.7 Å². The lowest BCUT2D eigenvalue weighted by molar-refractivity contribution is -0.127. The summed E-state index contributed by atoms with van der Waals surface area (Å²) in [5, 5.41) is 13.5.